The molecule has 0 spiro atoms. The maximum absolute atomic E-state index is 11.7. The van der Waals surface area contributed by atoms with Gasteiger partial charge in [0.1, 0.15) is 0 Å². The average molecular weight is 256 g/mol. The van der Waals surface area contributed by atoms with E-state index in [1.54, 1.807) is 0 Å². The topological polar surface area (TPSA) is 41.6 Å². The van der Waals surface area contributed by atoms with Crippen LogP contribution in [0.3, 0.4) is 0 Å². The fourth-order valence-corrected chi connectivity index (χ4v) is 2.68. The molecular weight excluding hydrogens is 228 g/mol. The molecule has 1 aliphatic heterocycles. The van der Waals surface area contributed by atoms with E-state index in [1.807, 2.05) is 20.9 Å². The predicted molar refractivity (Wildman–Crippen MR) is 73.5 cm³/mol. The minimum Gasteiger partial charge on any atom is -0.469 e. The molecule has 1 N–H and O–H groups in total. The number of carbonyl (C=O) groups excluding carboxylic acids is 1. The lowest BCUT2D eigenvalue weighted by Gasteiger charge is -2.36. The molecule has 4 heteroatoms. The quantitative estimate of drug-likeness (QED) is 0.731. The third-order valence-electron chi connectivity index (χ3n) is 3.87. The first-order valence-corrected chi connectivity index (χ1v) is 6.95. The van der Waals surface area contributed by atoms with Gasteiger partial charge in [-0.1, -0.05) is 0 Å². The summed E-state index contributed by atoms with van der Waals surface area (Å²) in [4.78, 5) is 14.1. The Bertz CT molecular complexity index is 259. The van der Waals surface area contributed by atoms with E-state index >= 15 is 0 Å². The van der Waals surface area contributed by atoms with Crippen LogP contribution in [0.25, 0.3) is 0 Å². The summed E-state index contributed by atoms with van der Waals surface area (Å²) in [5.74, 6) is 0.731. The van der Waals surface area contributed by atoms with E-state index in [4.69, 9.17) is 4.74 Å². The van der Waals surface area contributed by atoms with Crippen LogP contribution < -0.4 is 5.32 Å². The lowest BCUT2D eigenvalue weighted by Crippen LogP contribution is -2.43. The first kappa shape index (κ1) is 15.4. The van der Waals surface area contributed by atoms with Crippen LogP contribution in [-0.2, 0) is 9.53 Å². The Hall–Kier alpha value is -0.610. The maximum Gasteiger partial charge on any atom is 0.312 e. The van der Waals surface area contributed by atoms with Gasteiger partial charge in [-0.15, -0.1) is 0 Å². The number of likely N-dealkylation sites (tertiary alicyclic amines) is 1. The van der Waals surface area contributed by atoms with Crippen LogP contribution in [0.15, 0.2) is 0 Å². The maximum atomic E-state index is 11.7. The molecule has 4 nitrogen and oxygen atoms in total. The van der Waals surface area contributed by atoms with E-state index < -0.39 is 5.41 Å². The molecule has 18 heavy (non-hydrogen) atoms. The molecule has 1 heterocycles. The standard InChI is InChI=1S/C14H28N2O2/c1-14(2,13(17)18-4)11-16-9-6-12(7-10-16)5-8-15-3/h12,15H,5-11H2,1-4H3. The van der Waals surface area contributed by atoms with Gasteiger partial charge in [-0.2, -0.15) is 0 Å². The number of rotatable bonds is 6. The molecule has 0 unspecified atom stereocenters. The van der Waals surface area contributed by atoms with E-state index in [2.05, 4.69) is 10.2 Å². The minimum atomic E-state index is -0.396. The number of piperidine rings is 1. The third-order valence-corrected chi connectivity index (χ3v) is 3.87. The molecule has 0 aromatic carbocycles. The zero-order valence-electron chi connectivity index (χ0n) is 12.3. The monoisotopic (exact) mass is 256 g/mol. The molecule has 0 aromatic rings. The van der Waals surface area contributed by atoms with E-state index in [0.717, 1.165) is 32.1 Å². The summed E-state index contributed by atoms with van der Waals surface area (Å²) >= 11 is 0. The van der Waals surface area contributed by atoms with Gasteiger partial charge in [-0.05, 0) is 65.7 Å². The van der Waals surface area contributed by atoms with Crippen molar-refractivity contribution in [2.45, 2.75) is 33.1 Å². The van der Waals surface area contributed by atoms with Crippen molar-refractivity contribution in [3.8, 4) is 0 Å². The molecule has 0 radical (unpaired) electrons. The summed E-state index contributed by atoms with van der Waals surface area (Å²) in [6.07, 6.45) is 3.77. The summed E-state index contributed by atoms with van der Waals surface area (Å²) in [5.41, 5.74) is -0.396. The van der Waals surface area contributed by atoms with E-state index in [0.29, 0.717) is 0 Å². The van der Waals surface area contributed by atoms with Gasteiger partial charge >= 0.3 is 5.97 Å². The van der Waals surface area contributed by atoms with Crippen LogP contribution in [0.1, 0.15) is 33.1 Å². The van der Waals surface area contributed by atoms with Crippen LogP contribution in [0.5, 0.6) is 0 Å². The number of esters is 1. The Morgan fingerprint density at radius 1 is 1.39 bits per heavy atom. The SMILES string of the molecule is CNCCC1CCN(CC(C)(C)C(=O)OC)CC1. The Kier molecular flexibility index (Phi) is 6.09. The lowest BCUT2D eigenvalue weighted by atomic mass is 9.89. The highest BCUT2D eigenvalue weighted by Crippen LogP contribution is 2.25. The molecule has 0 aromatic heterocycles. The molecule has 0 saturated carbocycles. The smallest absolute Gasteiger partial charge is 0.312 e. The molecule has 0 atom stereocenters. The van der Waals surface area contributed by atoms with Crippen molar-refractivity contribution in [2.24, 2.45) is 11.3 Å². The first-order valence-electron chi connectivity index (χ1n) is 6.95. The van der Waals surface area contributed by atoms with Crippen LogP contribution in [0, 0.1) is 11.3 Å². The van der Waals surface area contributed by atoms with Gasteiger partial charge in [0, 0.05) is 6.54 Å². The second-order valence-corrected chi connectivity index (χ2v) is 5.99. The first-order chi connectivity index (χ1) is 8.49. The van der Waals surface area contributed by atoms with Crippen molar-refractivity contribution in [2.75, 3.05) is 40.3 Å². The Morgan fingerprint density at radius 2 is 2.00 bits per heavy atom. The van der Waals surface area contributed by atoms with Crippen LogP contribution in [0.2, 0.25) is 0 Å². The minimum absolute atomic E-state index is 0.111. The Morgan fingerprint density at radius 3 is 2.50 bits per heavy atom. The number of nitrogens with one attached hydrogen (secondary N) is 1. The number of hydrogen-bond acceptors (Lipinski definition) is 4. The van der Waals surface area contributed by atoms with Crippen molar-refractivity contribution in [3.63, 3.8) is 0 Å². The van der Waals surface area contributed by atoms with Crippen LogP contribution in [0.4, 0.5) is 0 Å². The Balaban J connectivity index is 2.33. The number of carbonyl (C=O) groups is 1. The summed E-state index contributed by atoms with van der Waals surface area (Å²) < 4.78 is 4.86. The van der Waals surface area contributed by atoms with Gasteiger partial charge in [0.05, 0.1) is 12.5 Å². The highest BCUT2D eigenvalue weighted by Gasteiger charge is 2.32. The van der Waals surface area contributed by atoms with Crippen molar-refractivity contribution >= 4 is 5.97 Å². The van der Waals surface area contributed by atoms with Crippen molar-refractivity contribution in [1.82, 2.24) is 10.2 Å². The highest BCUT2D eigenvalue weighted by atomic mass is 16.5. The van der Waals surface area contributed by atoms with Gasteiger partial charge in [0.2, 0.25) is 0 Å². The summed E-state index contributed by atoms with van der Waals surface area (Å²) in [5, 5.41) is 3.21. The van der Waals surface area contributed by atoms with Gasteiger partial charge in [0.25, 0.3) is 0 Å². The van der Waals surface area contributed by atoms with Gasteiger partial charge in [-0.3, -0.25) is 4.79 Å². The highest BCUT2D eigenvalue weighted by molar-refractivity contribution is 5.76. The normalized spacial score (nSPS) is 18.9. The average Bonchev–Trinajstić information content (AvgIpc) is 2.36. The van der Waals surface area contributed by atoms with Gasteiger partial charge in [-0.25, -0.2) is 0 Å². The molecule has 0 amide bonds. The second-order valence-electron chi connectivity index (χ2n) is 5.99. The predicted octanol–water partition coefficient (Wildman–Crippen LogP) is 1.51. The van der Waals surface area contributed by atoms with E-state index in [1.165, 1.54) is 26.4 Å². The molecule has 106 valence electrons. The largest absolute Gasteiger partial charge is 0.469 e. The molecule has 0 aliphatic carbocycles. The molecule has 1 aliphatic rings. The number of ether oxygens (including phenoxy) is 1. The molecule has 1 fully saturated rings. The summed E-state index contributed by atoms with van der Waals surface area (Å²) in [6, 6.07) is 0. The zero-order chi connectivity index (χ0) is 13.6. The molecule has 1 saturated heterocycles. The number of methoxy groups -OCH3 is 1. The Labute approximate surface area is 111 Å². The summed E-state index contributed by atoms with van der Waals surface area (Å²) in [7, 11) is 3.47. The van der Waals surface area contributed by atoms with Crippen molar-refractivity contribution in [3.05, 3.63) is 0 Å². The van der Waals surface area contributed by atoms with Crippen molar-refractivity contribution < 1.29 is 9.53 Å². The van der Waals surface area contributed by atoms with Crippen molar-refractivity contribution in [1.29, 1.82) is 0 Å². The van der Waals surface area contributed by atoms with Gasteiger partial charge in [0.15, 0.2) is 0 Å². The number of nitrogens with zero attached hydrogens (tertiary/aromatic N) is 1. The molecule has 1 rings (SSSR count). The lowest BCUT2D eigenvalue weighted by molar-refractivity contribution is -0.152. The van der Waals surface area contributed by atoms with Crippen LogP contribution in [-0.4, -0.2) is 51.2 Å². The molecule has 0 bridgehead atoms. The summed E-state index contributed by atoms with van der Waals surface area (Å²) in [6.45, 7) is 8.05. The zero-order valence-corrected chi connectivity index (χ0v) is 12.3. The van der Waals surface area contributed by atoms with E-state index in [9.17, 15) is 4.79 Å². The third kappa shape index (κ3) is 4.58. The number of hydrogen-bond donors (Lipinski definition) is 1. The second kappa shape index (κ2) is 7.10. The van der Waals surface area contributed by atoms with Gasteiger partial charge < -0.3 is 15.0 Å². The fourth-order valence-electron chi connectivity index (χ4n) is 2.68. The molecular formula is C14H28N2O2. The van der Waals surface area contributed by atoms with Crippen LogP contribution >= 0.6 is 0 Å². The fraction of sp³-hybridized carbons (Fsp3) is 0.929. The van der Waals surface area contributed by atoms with E-state index in [-0.39, 0.29) is 5.97 Å².